The van der Waals surface area contributed by atoms with Gasteiger partial charge in [-0.1, -0.05) is 24.9 Å². The quantitative estimate of drug-likeness (QED) is 0.302. The Morgan fingerprint density at radius 3 is 2.80 bits per heavy atom. The van der Waals surface area contributed by atoms with Crippen LogP contribution in [0.2, 0.25) is 5.02 Å². The number of carbonyl (C=O) groups excluding carboxylic acids is 1. The van der Waals surface area contributed by atoms with Gasteiger partial charge in [-0.2, -0.15) is 0 Å². The Bertz CT molecular complexity index is 1070. The largest absolute Gasteiger partial charge is 0.492 e. The van der Waals surface area contributed by atoms with E-state index in [0.717, 1.165) is 18.4 Å². The molecule has 160 valence electrons. The zero-order valence-electron chi connectivity index (χ0n) is 17.2. The third kappa shape index (κ3) is 4.39. The molecular formula is C21H23ClFN3O4. The summed E-state index contributed by atoms with van der Waals surface area (Å²) in [5.41, 5.74) is 1.22. The van der Waals surface area contributed by atoms with Gasteiger partial charge in [-0.3, -0.25) is 0 Å². The van der Waals surface area contributed by atoms with Gasteiger partial charge in [-0.05, 0) is 38.0 Å². The average molecular weight is 436 g/mol. The van der Waals surface area contributed by atoms with Crippen molar-refractivity contribution in [2.45, 2.75) is 39.9 Å². The van der Waals surface area contributed by atoms with Crippen LogP contribution in [-0.4, -0.2) is 40.9 Å². The van der Waals surface area contributed by atoms with E-state index in [1.165, 1.54) is 19.2 Å². The summed E-state index contributed by atoms with van der Waals surface area (Å²) in [6.07, 6.45) is 2.78. The second kappa shape index (κ2) is 9.40. The molecule has 3 rings (SSSR count). The highest BCUT2D eigenvalue weighted by atomic mass is 35.5. The van der Waals surface area contributed by atoms with Crippen molar-refractivity contribution in [3.63, 3.8) is 0 Å². The lowest BCUT2D eigenvalue weighted by Gasteiger charge is -2.15. The van der Waals surface area contributed by atoms with E-state index in [1.54, 1.807) is 13.1 Å². The molecule has 0 amide bonds. The summed E-state index contributed by atoms with van der Waals surface area (Å²) >= 11 is 5.98. The highest BCUT2D eigenvalue weighted by Gasteiger charge is 2.24. The van der Waals surface area contributed by atoms with Gasteiger partial charge >= 0.3 is 5.97 Å². The molecule has 0 radical (unpaired) electrons. The molecule has 2 heterocycles. The molecule has 1 aromatic carbocycles. The lowest BCUT2D eigenvalue weighted by Crippen LogP contribution is -2.20. The minimum Gasteiger partial charge on any atom is -0.492 e. The van der Waals surface area contributed by atoms with E-state index < -0.39 is 18.1 Å². The maximum atomic E-state index is 14.9. The third-order valence-electron chi connectivity index (χ3n) is 4.54. The Morgan fingerprint density at radius 1 is 1.33 bits per heavy atom. The number of nitrogens with zero attached hydrogens (tertiary/aromatic N) is 2. The number of aromatic amines is 1. The van der Waals surface area contributed by atoms with Gasteiger partial charge in [0, 0.05) is 6.20 Å². The van der Waals surface area contributed by atoms with Crippen LogP contribution in [0.1, 0.15) is 42.7 Å². The van der Waals surface area contributed by atoms with Crippen LogP contribution in [0.4, 0.5) is 4.39 Å². The number of hydrogen-bond acceptors (Lipinski definition) is 6. The standard InChI is InChI=1S/C21H23ClFN3O4/c1-5-6-9-29-12(3)30-21(27)17-15-11(2)10-24-20(15)26-19(25-17)13-7-8-14(22)18(28-4)16(13)23/h7-8,10,12H,5-6,9H2,1-4H3,(H,24,25,26). The van der Waals surface area contributed by atoms with Crippen molar-refractivity contribution in [3.8, 4) is 17.1 Å². The molecule has 1 unspecified atom stereocenters. The van der Waals surface area contributed by atoms with Crippen LogP contribution in [0.15, 0.2) is 18.3 Å². The number of nitrogens with one attached hydrogen (secondary N) is 1. The molecular weight excluding hydrogens is 413 g/mol. The molecule has 1 atom stereocenters. The van der Waals surface area contributed by atoms with Crippen LogP contribution in [0.3, 0.4) is 0 Å². The van der Waals surface area contributed by atoms with Gasteiger partial charge in [-0.25, -0.2) is 19.2 Å². The minimum absolute atomic E-state index is 0.00308. The number of fused-ring (bicyclic) bond motifs is 1. The fourth-order valence-corrected chi connectivity index (χ4v) is 3.21. The first-order valence-electron chi connectivity index (χ1n) is 9.58. The molecule has 2 aromatic heterocycles. The number of methoxy groups -OCH3 is 1. The molecule has 3 aromatic rings. The first-order chi connectivity index (χ1) is 14.4. The van der Waals surface area contributed by atoms with Crippen LogP contribution in [0, 0.1) is 12.7 Å². The highest BCUT2D eigenvalue weighted by Crippen LogP contribution is 2.34. The van der Waals surface area contributed by atoms with E-state index in [4.69, 9.17) is 25.8 Å². The predicted octanol–water partition coefficient (Wildman–Crippen LogP) is 5.05. The van der Waals surface area contributed by atoms with Crippen LogP contribution < -0.4 is 4.74 Å². The molecule has 0 fully saturated rings. The predicted molar refractivity (Wildman–Crippen MR) is 111 cm³/mol. The fraction of sp³-hybridized carbons (Fsp3) is 0.381. The fourth-order valence-electron chi connectivity index (χ4n) is 2.98. The van der Waals surface area contributed by atoms with Crippen molar-refractivity contribution < 1.29 is 23.4 Å². The van der Waals surface area contributed by atoms with Gasteiger partial charge in [0.15, 0.2) is 23.1 Å². The van der Waals surface area contributed by atoms with E-state index in [-0.39, 0.29) is 27.9 Å². The van der Waals surface area contributed by atoms with E-state index in [9.17, 15) is 9.18 Å². The summed E-state index contributed by atoms with van der Waals surface area (Å²) in [4.78, 5) is 24.5. The van der Waals surface area contributed by atoms with Crippen LogP contribution in [-0.2, 0) is 9.47 Å². The number of hydrogen-bond donors (Lipinski definition) is 1. The molecule has 9 heteroatoms. The SMILES string of the molecule is CCCCOC(C)OC(=O)c1nc(-c2ccc(Cl)c(OC)c2F)nc2[nH]cc(C)c12. The molecule has 1 N–H and O–H groups in total. The summed E-state index contributed by atoms with van der Waals surface area (Å²) in [6.45, 7) is 5.97. The molecule has 0 bridgehead atoms. The van der Waals surface area contributed by atoms with E-state index >= 15 is 0 Å². The van der Waals surface area contributed by atoms with Gasteiger partial charge in [-0.15, -0.1) is 0 Å². The molecule has 0 spiro atoms. The van der Waals surface area contributed by atoms with Crippen molar-refractivity contribution in [2.75, 3.05) is 13.7 Å². The number of esters is 1. The van der Waals surface area contributed by atoms with E-state index in [2.05, 4.69) is 15.0 Å². The summed E-state index contributed by atoms with van der Waals surface area (Å²) in [5, 5.41) is 0.624. The Morgan fingerprint density at radius 2 is 2.10 bits per heavy atom. The summed E-state index contributed by atoms with van der Waals surface area (Å²) in [6, 6.07) is 2.91. The van der Waals surface area contributed by atoms with Crippen molar-refractivity contribution in [1.82, 2.24) is 15.0 Å². The van der Waals surface area contributed by atoms with Crippen molar-refractivity contribution in [3.05, 3.63) is 40.4 Å². The second-order valence-corrected chi connectivity index (χ2v) is 7.14. The van der Waals surface area contributed by atoms with E-state index in [1.807, 2.05) is 13.8 Å². The molecule has 0 aliphatic rings. The first kappa shape index (κ1) is 22.0. The van der Waals surface area contributed by atoms with Gasteiger partial charge in [0.1, 0.15) is 5.65 Å². The number of aromatic nitrogens is 3. The lowest BCUT2D eigenvalue weighted by molar-refractivity contribution is -0.0986. The third-order valence-corrected chi connectivity index (χ3v) is 4.84. The Labute approximate surface area is 178 Å². The van der Waals surface area contributed by atoms with Crippen molar-refractivity contribution in [2.24, 2.45) is 0 Å². The molecule has 0 aliphatic heterocycles. The lowest BCUT2D eigenvalue weighted by atomic mass is 10.1. The number of aryl methyl sites for hydroxylation is 1. The topological polar surface area (TPSA) is 86.3 Å². The van der Waals surface area contributed by atoms with Crippen LogP contribution >= 0.6 is 11.6 Å². The molecule has 0 saturated carbocycles. The van der Waals surface area contributed by atoms with Crippen LogP contribution in [0.5, 0.6) is 5.75 Å². The maximum absolute atomic E-state index is 14.9. The Hall–Kier alpha value is -2.71. The number of carbonyl (C=O) groups is 1. The number of ether oxygens (including phenoxy) is 3. The zero-order valence-corrected chi connectivity index (χ0v) is 18.0. The summed E-state index contributed by atoms with van der Waals surface area (Å²) in [7, 11) is 1.31. The minimum atomic E-state index is -0.746. The summed E-state index contributed by atoms with van der Waals surface area (Å²) < 4.78 is 30.8. The first-order valence-corrected chi connectivity index (χ1v) is 9.95. The number of halogens is 2. The number of benzene rings is 1. The van der Waals surface area contributed by atoms with Gasteiger partial charge < -0.3 is 19.2 Å². The molecule has 30 heavy (non-hydrogen) atoms. The Balaban J connectivity index is 2.03. The number of H-pyrrole nitrogens is 1. The van der Waals surface area contributed by atoms with Crippen LogP contribution in [0.25, 0.3) is 22.4 Å². The van der Waals surface area contributed by atoms with Gasteiger partial charge in [0.2, 0.25) is 6.29 Å². The normalized spacial score (nSPS) is 12.2. The highest BCUT2D eigenvalue weighted by molar-refractivity contribution is 6.32. The smallest absolute Gasteiger partial charge is 0.360 e. The van der Waals surface area contributed by atoms with Gasteiger partial charge in [0.05, 0.1) is 29.7 Å². The van der Waals surface area contributed by atoms with Crippen molar-refractivity contribution >= 4 is 28.6 Å². The number of rotatable bonds is 8. The van der Waals surface area contributed by atoms with Gasteiger partial charge in [0.25, 0.3) is 0 Å². The average Bonchev–Trinajstić information content (AvgIpc) is 3.08. The molecule has 0 aliphatic carbocycles. The Kier molecular flexibility index (Phi) is 6.89. The van der Waals surface area contributed by atoms with E-state index in [0.29, 0.717) is 17.6 Å². The maximum Gasteiger partial charge on any atom is 0.360 e. The zero-order chi connectivity index (χ0) is 21.8. The second-order valence-electron chi connectivity index (χ2n) is 6.73. The molecule has 0 saturated heterocycles. The summed E-state index contributed by atoms with van der Waals surface area (Å²) in [5.74, 6) is -1.52. The monoisotopic (exact) mass is 435 g/mol. The molecule has 7 nitrogen and oxygen atoms in total. The van der Waals surface area contributed by atoms with Crippen molar-refractivity contribution in [1.29, 1.82) is 0 Å². The number of unbranched alkanes of at least 4 members (excludes halogenated alkanes) is 1.